The van der Waals surface area contributed by atoms with Crippen LogP contribution in [0.15, 0.2) is 12.2 Å². The van der Waals surface area contributed by atoms with Gasteiger partial charge >= 0.3 is 11.9 Å². The first kappa shape index (κ1) is 37.0. The Labute approximate surface area is 305 Å². The highest BCUT2D eigenvalue weighted by molar-refractivity contribution is 5.81. The van der Waals surface area contributed by atoms with Gasteiger partial charge < -0.3 is 14.7 Å². The first-order valence-electron chi connectivity index (χ1n) is 21.2. The molecule has 1 N–H and O–H groups in total. The standard InChI is InChI=1S/C45H73NO4/c1-29(2)32-14-21-45(24-27-46-25-17-31(18-26-46)30-10-11-30)23-22-43(8)33(38(32)45)12-13-35-42(7)19-16-36(50-37(47)28-40(3,4)39(48)49)41(5,6)34(42)15-20-44(35,43)9/h30-36,38H,1,10-28H2,2-9H3,(H,48,49)/t32-,33+,34-,35+,36-,38+,42-,43+,44+,45+/m0/s1. The molecule has 6 saturated carbocycles. The molecule has 7 rings (SSSR count). The van der Waals surface area contributed by atoms with E-state index in [0.717, 1.165) is 36.5 Å². The Morgan fingerprint density at radius 1 is 0.800 bits per heavy atom. The Hall–Kier alpha value is -1.36. The van der Waals surface area contributed by atoms with E-state index in [1.165, 1.54) is 109 Å². The van der Waals surface area contributed by atoms with Crippen molar-refractivity contribution in [3.8, 4) is 0 Å². The van der Waals surface area contributed by atoms with Gasteiger partial charge in [0.05, 0.1) is 11.8 Å². The lowest BCUT2D eigenvalue weighted by atomic mass is 9.32. The molecule has 0 spiro atoms. The second-order valence-electron chi connectivity index (χ2n) is 21.5. The lowest BCUT2D eigenvalue weighted by molar-refractivity contribution is -0.250. The second kappa shape index (κ2) is 12.6. The fourth-order valence-electron chi connectivity index (χ4n) is 15.1. The Morgan fingerprint density at radius 2 is 1.48 bits per heavy atom. The molecule has 10 atom stereocenters. The summed E-state index contributed by atoms with van der Waals surface area (Å²) in [6.45, 7) is 27.1. The number of ether oxygens (including phenoxy) is 1. The van der Waals surface area contributed by atoms with Crippen molar-refractivity contribution in [3.63, 3.8) is 0 Å². The number of likely N-dealkylation sites (tertiary alicyclic amines) is 1. The number of aliphatic carboxylic acids is 1. The summed E-state index contributed by atoms with van der Waals surface area (Å²) in [6.07, 6.45) is 19.8. The van der Waals surface area contributed by atoms with Crippen molar-refractivity contribution in [1.82, 2.24) is 4.90 Å². The van der Waals surface area contributed by atoms with Gasteiger partial charge in [-0.25, -0.2) is 0 Å². The predicted molar refractivity (Wildman–Crippen MR) is 201 cm³/mol. The molecule has 0 aromatic heterocycles. The maximum Gasteiger partial charge on any atom is 0.309 e. The van der Waals surface area contributed by atoms with Crippen LogP contribution in [-0.2, 0) is 14.3 Å². The third kappa shape index (κ3) is 5.78. The zero-order chi connectivity index (χ0) is 36.1. The van der Waals surface area contributed by atoms with Crippen LogP contribution < -0.4 is 0 Å². The number of carbonyl (C=O) groups excluding carboxylic acids is 1. The quantitative estimate of drug-likeness (QED) is 0.193. The summed E-state index contributed by atoms with van der Waals surface area (Å²) < 4.78 is 6.22. The molecule has 5 heteroatoms. The summed E-state index contributed by atoms with van der Waals surface area (Å²) in [5, 5.41) is 9.62. The van der Waals surface area contributed by atoms with E-state index in [1.54, 1.807) is 13.8 Å². The molecule has 0 aromatic carbocycles. The number of carboxylic acid groups (broad SMARTS) is 1. The number of carbonyl (C=O) groups is 2. The maximum atomic E-state index is 13.1. The lowest BCUT2D eigenvalue weighted by Crippen LogP contribution is -2.66. The van der Waals surface area contributed by atoms with E-state index in [-0.39, 0.29) is 29.3 Å². The molecule has 0 unspecified atom stereocenters. The van der Waals surface area contributed by atoms with Gasteiger partial charge in [0.15, 0.2) is 0 Å². The van der Waals surface area contributed by atoms with E-state index in [0.29, 0.717) is 34.0 Å². The van der Waals surface area contributed by atoms with Crippen molar-refractivity contribution in [2.45, 2.75) is 164 Å². The number of hydrogen-bond donors (Lipinski definition) is 1. The van der Waals surface area contributed by atoms with Crippen LogP contribution >= 0.6 is 0 Å². The van der Waals surface area contributed by atoms with Gasteiger partial charge in [-0.15, -0.1) is 0 Å². The van der Waals surface area contributed by atoms with E-state index in [2.05, 4.69) is 53.0 Å². The minimum absolute atomic E-state index is 0.0793. The molecular weight excluding hydrogens is 618 g/mol. The maximum absolute atomic E-state index is 13.1. The molecule has 0 radical (unpaired) electrons. The van der Waals surface area contributed by atoms with Crippen molar-refractivity contribution >= 4 is 11.9 Å². The SMILES string of the molecule is C=C(C)[C@@H]1CC[C@]2(CCN3CCC(C4CC4)CC3)CC[C@]3(C)[C@H](CC[C@@H]4[C@@]5(C)CC[C@H](OC(=O)CC(C)(C)C(=O)O)C(C)(C)[C@@H]5CC[C@]43C)[C@@H]12. The summed E-state index contributed by atoms with van der Waals surface area (Å²) in [5.74, 6) is 4.21. The van der Waals surface area contributed by atoms with E-state index in [4.69, 9.17) is 4.74 Å². The van der Waals surface area contributed by atoms with Crippen LogP contribution in [0.5, 0.6) is 0 Å². The average molecular weight is 692 g/mol. The monoisotopic (exact) mass is 692 g/mol. The van der Waals surface area contributed by atoms with Gasteiger partial charge in [0, 0.05) is 5.41 Å². The summed E-state index contributed by atoms with van der Waals surface area (Å²) >= 11 is 0. The number of piperidine rings is 1. The highest BCUT2D eigenvalue weighted by atomic mass is 16.5. The topological polar surface area (TPSA) is 66.8 Å². The number of rotatable bonds is 9. The van der Waals surface area contributed by atoms with E-state index in [1.807, 2.05) is 0 Å². The van der Waals surface area contributed by atoms with Crippen LogP contribution in [0.25, 0.3) is 0 Å². The minimum atomic E-state index is -1.11. The number of esters is 1. The first-order valence-corrected chi connectivity index (χ1v) is 21.2. The molecule has 7 fully saturated rings. The van der Waals surface area contributed by atoms with Gasteiger partial charge in [0.1, 0.15) is 6.10 Å². The van der Waals surface area contributed by atoms with Crippen LogP contribution in [0.2, 0.25) is 0 Å². The van der Waals surface area contributed by atoms with Crippen LogP contribution in [-0.4, -0.2) is 47.7 Å². The average Bonchev–Trinajstić information content (AvgIpc) is 3.82. The fraction of sp³-hybridized carbons (Fsp3) is 0.911. The number of carboxylic acids is 1. The fourth-order valence-corrected chi connectivity index (χ4v) is 15.1. The number of nitrogens with zero attached hydrogens (tertiary/aromatic N) is 1. The second-order valence-corrected chi connectivity index (χ2v) is 21.5. The zero-order valence-electron chi connectivity index (χ0n) is 33.4. The molecule has 6 aliphatic carbocycles. The van der Waals surface area contributed by atoms with Crippen molar-refractivity contribution in [2.75, 3.05) is 19.6 Å². The molecule has 7 aliphatic rings. The molecule has 282 valence electrons. The third-order valence-corrected chi connectivity index (χ3v) is 18.5. The minimum Gasteiger partial charge on any atom is -0.481 e. The van der Waals surface area contributed by atoms with Crippen molar-refractivity contribution in [3.05, 3.63) is 12.2 Å². The van der Waals surface area contributed by atoms with Gasteiger partial charge in [-0.3, -0.25) is 9.59 Å². The van der Waals surface area contributed by atoms with Crippen molar-refractivity contribution < 1.29 is 19.4 Å². The molecule has 0 aromatic rings. The Bertz CT molecular complexity index is 1340. The van der Waals surface area contributed by atoms with Crippen LogP contribution in [0, 0.1) is 73.9 Å². The van der Waals surface area contributed by atoms with E-state index >= 15 is 0 Å². The third-order valence-electron chi connectivity index (χ3n) is 18.5. The highest BCUT2D eigenvalue weighted by Crippen LogP contribution is 2.78. The Morgan fingerprint density at radius 3 is 2.12 bits per heavy atom. The van der Waals surface area contributed by atoms with Crippen LogP contribution in [0.1, 0.15) is 158 Å². The predicted octanol–water partition coefficient (Wildman–Crippen LogP) is 10.6. The van der Waals surface area contributed by atoms with E-state index in [9.17, 15) is 14.7 Å². The summed E-state index contributed by atoms with van der Waals surface area (Å²) in [4.78, 5) is 27.7. The van der Waals surface area contributed by atoms with Gasteiger partial charge in [0.25, 0.3) is 0 Å². The number of fused-ring (bicyclic) bond motifs is 7. The first-order chi connectivity index (χ1) is 23.4. The van der Waals surface area contributed by atoms with Crippen molar-refractivity contribution in [2.24, 2.45) is 73.9 Å². The molecule has 1 saturated heterocycles. The number of hydrogen-bond acceptors (Lipinski definition) is 4. The summed E-state index contributed by atoms with van der Waals surface area (Å²) in [7, 11) is 0. The molecule has 5 nitrogen and oxygen atoms in total. The van der Waals surface area contributed by atoms with Gasteiger partial charge in [-0.1, -0.05) is 46.8 Å². The van der Waals surface area contributed by atoms with Gasteiger partial charge in [-0.05, 0) is 200 Å². The molecule has 1 aliphatic heterocycles. The van der Waals surface area contributed by atoms with Gasteiger partial charge in [0.2, 0.25) is 0 Å². The highest BCUT2D eigenvalue weighted by Gasteiger charge is 2.71. The largest absolute Gasteiger partial charge is 0.481 e. The van der Waals surface area contributed by atoms with Crippen molar-refractivity contribution in [1.29, 1.82) is 0 Å². The molecule has 0 amide bonds. The number of allylic oxidation sites excluding steroid dienone is 1. The summed E-state index contributed by atoms with van der Waals surface area (Å²) in [5.41, 5.74) is 1.57. The summed E-state index contributed by atoms with van der Waals surface area (Å²) in [6, 6.07) is 0. The molecule has 50 heavy (non-hydrogen) atoms. The molecular formula is C45H73NO4. The van der Waals surface area contributed by atoms with Crippen LogP contribution in [0.4, 0.5) is 0 Å². The Kier molecular flexibility index (Phi) is 9.33. The lowest BCUT2D eigenvalue weighted by Gasteiger charge is -2.73. The Balaban J connectivity index is 1.09. The molecule has 1 heterocycles. The van der Waals surface area contributed by atoms with E-state index < -0.39 is 11.4 Å². The molecule has 0 bridgehead atoms. The normalized spacial score (nSPS) is 44.7. The van der Waals surface area contributed by atoms with Crippen LogP contribution in [0.3, 0.4) is 0 Å². The van der Waals surface area contributed by atoms with Gasteiger partial charge in [-0.2, -0.15) is 0 Å². The zero-order valence-corrected chi connectivity index (χ0v) is 33.4. The smallest absolute Gasteiger partial charge is 0.309 e.